The van der Waals surface area contributed by atoms with Crippen molar-refractivity contribution in [3.63, 3.8) is 0 Å². The molecule has 1 aromatic carbocycles. The van der Waals surface area contributed by atoms with Gasteiger partial charge in [-0.25, -0.2) is 0 Å². The van der Waals surface area contributed by atoms with Gasteiger partial charge in [0.1, 0.15) is 11.6 Å². The molecular formula is C14H19N3O. The van der Waals surface area contributed by atoms with Crippen LogP contribution in [0.5, 0.6) is 5.75 Å². The van der Waals surface area contributed by atoms with E-state index in [1.807, 2.05) is 42.1 Å². The fraction of sp³-hybridized carbons (Fsp3) is 0.357. The molecule has 2 N–H and O–H groups in total. The number of phenolic OH excluding ortho intramolecular Hbond substituents is 1. The average Bonchev–Trinajstić information content (AvgIpc) is 2.80. The van der Waals surface area contributed by atoms with Gasteiger partial charge in [-0.3, -0.25) is 4.68 Å². The molecule has 0 fully saturated rings. The fourth-order valence-electron chi connectivity index (χ4n) is 1.77. The maximum absolute atomic E-state index is 9.90. The molecule has 0 radical (unpaired) electrons. The van der Waals surface area contributed by atoms with E-state index in [2.05, 4.69) is 24.3 Å². The number of benzene rings is 1. The Balaban J connectivity index is 2.04. The number of aromatic nitrogens is 2. The number of para-hydroxylation sites is 1. The Morgan fingerprint density at radius 2 is 2.11 bits per heavy atom. The highest BCUT2D eigenvalue weighted by Crippen LogP contribution is 2.22. The topological polar surface area (TPSA) is 50.1 Å². The van der Waals surface area contributed by atoms with Gasteiger partial charge in [-0.1, -0.05) is 18.2 Å². The fourth-order valence-corrected chi connectivity index (χ4v) is 1.77. The molecule has 2 rings (SSSR count). The van der Waals surface area contributed by atoms with Crippen molar-refractivity contribution in [2.75, 3.05) is 5.32 Å². The third-order valence-electron chi connectivity index (χ3n) is 2.92. The lowest BCUT2D eigenvalue weighted by Gasteiger charge is -2.08. The Morgan fingerprint density at radius 3 is 2.78 bits per heavy atom. The first-order chi connectivity index (χ1) is 8.58. The van der Waals surface area contributed by atoms with Gasteiger partial charge in [-0.05, 0) is 26.3 Å². The third kappa shape index (κ3) is 2.64. The zero-order chi connectivity index (χ0) is 13.1. The number of anilines is 1. The zero-order valence-electron chi connectivity index (χ0n) is 11.0. The van der Waals surface area contributed by atoms with Gasteiger partial charge in [0.2, 0.25) is 0 Å². The van der Waals surface area contributed by atoms with Crippen LogP contribution >= 0.6 is 0 Å². The molecule has 0 aliphatic heterocycles. The van der Waals surface area contributed by atoms with Crippen molar-refractivity contribution < 1.29 is 5.11 Å². The number of hydrogen-bond donors (Lipinski definition) is 2. The molecule has 0 atom stereocenters. The molecular weight excluding hydrogens is 226 g/mol. The van der Waals surface area contributed by atoms with E-state index in [1.54, 1.807) is 0 Å². The third-order valence-corrected chi connectivity index (χ3v) is 2.92. The highest BCUT2D eigenvalue weighted by molar-refractivity contribution is 5.42. The molecule has 0 amide bonds. The van der Waals surface area contributed by atoms with Gasteiger partial charge in [0.05, 0.1) is 0 Å². The normalized spacial score (nSPS) is 10.9. The van der Waals surface area contributed by atoms with Crippen molar-refractivity contribution in [1.29, 1.82) is 0 Å². The van der Waals surface area contributed by atoms with E-state index in [4.69, 9.17) is 0 Å². The molecule has 0 aliphatic carbocycles. The van der Waals surface area contributed by atoms with E-state index >= 15 is 0 Å². The number of phenols is 1. The van der Waals surface area contributed by atoms with Crippen molar-refractivity contribution in [2.24, 2.45) is 0 Å². The van der Waals surface area contributed by atoms with E-state index in [9.17, 15) is 5.11 Å². The molecule has 0 bridgehead atoms. The number of aromatic hydroxyl groups is 1. The lowest BCUT2D eigenvalue weighted by atomic mass is 10.1. The van der Waals surface area contributed by atoms with Crippen molar-refractivity contribution in [3.05, 3.63) is 41.6 Å². The van der Waals surface area contributed by atoms with Crippen molar-refractivity contribution in [1.82, 2.24) is 9.78 Å². The molecule has 18 heavy (non-hydrogen) atoms. The summed E-state index contributed by atoms with van der Waals surface area (Å²) in [4.78, 5) is 0. The summed E-state index contributed by atoms with van der Waals surface area (Å²) in [5.41, 5.74) is 1.77. The van der Waals surface area contributed by atoms with Crippen LogP contribution in [0.2, 0.25) is 0 Å². The van der Waals surface area contributed by atoms with Gasteiger partial charge in [-0.15, -0.1) is 0 Å². The Bertz CT molecular complexity index is 532. The number of hydrogen-bond acceptors (Lipinski definition) is 3. The van der Waals surface area contributed by atoms with Gasteiger partial charge in [0.25, 0.3) is 0 Å². The highest BCUT2D eigenvalue weighted by atomic mass is 16.3. The molecule has 96 valence electrons. The van der Waals surface area contributed by atoms with Gasteiger partial charge in [-0.2, -0.15) is 5.10 Å². The molecule has 4 heteroatoms. The van der Waals surface area contributed by atoms with Crippen molar-refractivity contribution >= 4 is 5.82 Å². The summed E-state index contributed by atoms with van der Waals surface area (Å²) >= 11 is 0. The summed E-state index contributed by atoms with van der Waals surface area (Å²) in [7, 11) is 0. The monoisotopic (exact) mass is 245 g/mol. The van der Waals surface area contributed by atoms with Crippen LogP contribution in [0.3, 0.4) is 0 Å². The Hall–Kier alpha value is -1.97. The summed E-state index contributed by atoms with van der Waals surface area (Å²) < 4.78 is 1.90. The summed E-state index contributed by atoms with van der Waals surface area (Å²) in [6.07, 6.45) is 1.95. The highest BCUT2D eigenvalue weighted by Gasteiger charge is 2.05. The molecule has 4 nitrogen and oxygen atoms in total. The standard InChI is InChI=1S/C14H19N3O/c1-10(2)17-8-7-13(16-17)15-9-12-6-4-5-11(3)14(12)18/h4-8,10,18H,9H2,1-3H3,(H,15,16). The number of aryl methyl sites for hydroxylation is 1. The van der Waals surface area contributed by atoms with Crippen LogP contribution in [0, 0.1) is 6.92 Å². The maximum atomic E-state index is 9.90. The minimum Gasteiger partial charge on any atom is -0.507 e. The second kappa shape index (κ2) is 5.12. The zero-order valence-corrected chi connectivity index (χ0v) is 11.0. The van der Waals surface area contributed by atoms with Crippen LogP contribution in [0.15, 0.2) is 30.5 Å². The Labute approximate surface area is 107 Å². The van der Waals surface area contributed by atoms with Crippen molar-refractivity contribution in [2.45, 2.75) is 33.4 Å². The van der Waals surface area contributed by atoms with Gasteiger partial charge in [0.15, 0.2) is 0 Å². The molecule has 0 unspecified atom stereocenters. The minimum atomic E-state index is 0.355. The largest absolute Gasteiger partial charge is 0.507 e. The van der Waals surface area contributed by atoms with E-state index in [0.717, 1.165) is 16.9 Å². The first-order valence-corrected chi connectivity index (χ1v) is 6.14. The smallest absolute Gasteiger partial charge is 0.148 e. The molecule has 0 spiro atoms. The summed E-state index contributed by atoms with van der Waals surface area (Å²) in [5.74, 6) is 1.18. The number of nitrogens with zero attached hydrogens (tertiary/aromatic N) is 2. The van der Waals surface area contributed by atoms with E-state index in [1.165, 1.54) is 0 Å². The summed E-state index contributed by atoms with van der Waals surface area (Å²) in [6, 6.07) is 8.04. The van der Waals surface area contributed by atoms with Crippen LogP contribution in [0.25, 0.3) is 0 Å². The minimum absolute atomic E-state index is 0.355. The van der Waals surface area contributed by atoms with Crippen LogP contribution < -0.4 is 5.32 Å². The van der Waals surface area contributed by atoms with Crippen LogP contribution in [0.1, 0.15) is 31.0 Å². The lowest BCUT2D eigenvalue weighted by molar-refractivity contribution is 0.465. The van der Waals surface area contributed by atoms with Crippen LogP contribution in [0.4, 0.5) is 5.82 Å². The first kappa shape index (κ1) is 12.5. The quantitative estimate of drug-likeness (QED) is 0.870. The van der Waals surface area contributed by atoms with E-state index in [-0.39, 0.29) is 0 Å². The van der Waals surface area contributed by atoms with E-state index < -0.39 is 0 Å². The SMILES string of the molecule is Cc1cccc(CNc2ccn(C(C)C)n2)c1O. The molecule has 0 saturated heterocycles. The second-order valence-electron chi connectivity index (χ2n) is 4.71. The number of rotatable bonds is 4. The molecule has 0 aliphatic rings. The Morgan fingerprint density at radius 1 is 1.33 bits per heavy atom. The summed E-state index contributed by atoms with van der Waals surface area (Å²) in [5, 5.41) is 17.5. The average molecular weight is 245 g/mol. The van der Waals surface area contributed by atoms with Gasteiger partial charge >= 0.3 is 0 Å². The molecule has 1 heterocycles. The predicted molar refractivity (Wildman–Crippen MR) is 72.8 cm³/mol. The molecule has 2 aromatic rings. The van der Waals surface area contributed by atoms with Crippen LogP contribution in [-0.2, 0) is 6.54 Å². The number of nitrogens with one attached hydrogen (secondary N) is 1. The Kier molecular flexibility index (Phi) is 3.55. The second-order valence-corrected chi connectivity index (χ2v) is 4.71. The first-order valence-electron chi connectivity index (χ1n) is 6.14. The van der Waals surface area contributed by atoms with E-state index in [0.29, 0.717) is 18.3 Å². The van der Waals surface area contributed by atoms with Crippen LogP contribution in [-0.4, -0.2) is 14.9 Å². The lowest BCUT2D eigenvalue weighted by Crippen LogP contribution is -2.04. The van der Waals surface area contributed by atoms with Gasteiger partial charge < -0.3 is 10.4 Å². The van der Waals surface area contributed by atoms with Crippen molar-refractivity contribution in [3.8, 4) is 5.75 Å². The van der Waals surface area contributed by atoms with Gasteiger partial charge in [0, 0.05) is 30.4 Å². The summed E-state index contributed by atoms with van der Waals surface area (Å²) in [6.45, 7) is 6.64. The maximum Gasteiger partial charge on any atom is 0.148 e. The predicted octanol–water partition coefficient (Wildman–Crippen LogP) is 3.09. The molecule has 1 aromatic heterocycles. The molecule has 0 saturated carbocycles.